The molecule has 0 aromatic carbocycles. The topological polar surface area (TPSA) is 65.1 Å². The van der Waals surface area contributed by atoms with Crippen LogP contribution < -0.4 is 11.1 Å². The minimum Gasteiger partial charge on any atom is -0.394 e. The van der Waals surface area contributed by atoms with Crippen molar-refractivity contribution in [1.82, 2.24) is 9.78 Å². The molecule has 5 heteroatoms. The van der Waals surface area contributed by atoms with Crippen molar-refractivity contribution in [3.63, 3.8) is 0 Å². The number of hydrogen-bond donors (Lipinski definition) is 2. The van der Waals surface area contributed by atoms with E-state index in [4.69, 9.17) is 10.5 Å². The molecular weight excluding hydrogens is 228 g/mol. The molecular formula is C13H24N4O. The maximum Gasteiger partial charge on any atom is 0.148 e. The molecule has 3 N–H and O–H groups in total. The number of aromatic nitrogens is 2. The molecule has 0 amide bonds. The maximum atomic E-state index is 6.02. The lowest BCUT2D eigenvalue weighted by Crippen LogP contribution is -2.22. The van der Waals surface area contributed by atoms with E-state index in [1.54, 1.807) is 0 Å². The molecule has 5 nitrogen and oxygen atoms in total. The second-order valence-corrected chi connectivity index (χ2v) is 4.87. The lowest BCUT2D eigenvalue weighted by Gasteiger charge is -2.22. The summed E-state index contributed by atoms with van der Waals surface area (Å²) in [6, 6.07) is 0. The van der Waals surface area contributed by atoms with Gasteiger partial charge in [-0.05, 0) is 39.5 Å². The van der Waals surface area contributed by atoms with Gasteiger partial charge in [0.05, 0.1) is 17.5 Å². The zero-order valence-corrected chi connectivity index (χ0v) is 11.4. The summed E-state index contributed by atoms with van der Waals surface area (Å²) in [6.45, 7) is 6.65. The smallest absolute Gasteiger partial charge is 0.148 e. The van der Waals surface area contributed by atoms with E-state index in [-0.39, 0.29) is 0 Å². The fourth-order valence-electron chi connectivity index (χ4n) is 2.40. The summed E-state index contributed by atoms with van der Waals surface area (Å²) in [6.07, 6.45) is 5.13. The minimum atomic E-state index is 0.409. The molecule has 0 radical (unpaired) electrons. The Labute approximate surface area is 109 Å². The number of ether oxygens (including phenoxy) is 1. The first-order valence-electron chi connectivity index (χ1n) is 6.90. The highest BCUT2D eigenvalue weighted by Crippen LogP contribution is 2.22. The van der Waals surface area contributed by atoms with E-state index in [9.17, 15) is 0 Å². The van der Waals surface area contributed by atoms with E-state index in [0.29, 0.717) is 6.10 Å². The molecule has 0 saturated carbocycles. The van der Waals surface area contributed by atoms with Crippen molar-refractivity contribution >= 4 is 11.5 Å². The second-order valence-electron chi connectivity index (χ2n) is 4.87. The molecule has 1 unspecified atom stereocenters. The second kappa shape index (κ2) is 6.09. The Morgan fingerprint density at radius 1 is 1.50 bits per heavy atom. The minimum absolute atomic E-state index is 0.409. The van der Waals surface area contributed by atoms with Gasteiger partial charge in [0.1, 0.15) is 5.82 Å². The van der Waals surface area contributed by atoms with Crippen LogP contribution in [0.25, 0.3) is 0 Å². The SMILES string of the molecule is CCn1nc(C)c(N)c1NCCC1CCCCO1. The molecule has 1 aromatic heterocycles. The highest BCUT2D eigenvalue weighted by atomic mass is 16.5. The Kier molecular flexibility index (Phi) is 4.47. The van der Waals surface area contributed by atoms with Gasteiger partial charge in [0.15, 0.2) is 0 Å². The van der Waals surface area contributed by atoms with Crippen molar-refractivity contribution in [3.05, 3.63) is 5.69 Å². The van der Waals surface area contributed by atoms with E-state index in [0.717, 1.165) is 43.3 Å². The zero-order valence-electron chi connectivity index (χ0n) is 11.4. The Morgan fingerprint density at radius 2 is 2.33 bits per heavy atom. The number of nitrogen functional groups attached to an aromatic ring is 1. The van der Waals surface area contributed by atoms with Gasteiger partial charge in [-0.3, -0.25) is 0 Å². The number of nitrogens with one attached hydrogen (secondary N) is 1. The predicted octanol–water partition coefficient (Wildman–Crippen LogP) is 2.16. The van der Waals surface area contributed by atoms with Crippen LogP contribution in [-0.4, -0.2) is 29.0 Å². The molecule has 1 aliphatic rings. The van der Waals surface area contributed by atoms with Crippen molar-refractivity contribution < 1.29 is 4.74 Å². The van der Waals surface area contributed by atoms with Crippen LogP contribution in [0.1, 0.15) is 38.3 Å². The molecule has 18 heavy (non-hydrogen) atoms. The molecule has 1 saturated heterocycles. The third-order valence-electron chi connectivity index (χ3n) is 3.51. The summed E-state index contributed by atoms with van der Waals surface area (Å²) in [5.74, 6) is 0.950. The van der Waals surface area contributed by atoms with E-state index in [1.807, 2.05) is 11.6 Å². The average Bonchev–Trinajstić information content (AvgIpc) is 2.67. The molecule has 0 aliphatic carbocycles. The Bertz CT molecular complexity index is 383. The molecule has 2 heterocycles. The van der Waals surface area contributed by atoms with Crippen LogP contribution in [0.3, 0.4) is 0 Å². The Morgan fingerprint density at radius 3 is 3.00 bits per heavy atom. The molecule has 1 aliphatic heterocycles. The van der Waals surface area contributed by atoms with E-state index >= 15 is 0 Å². The van der Waals surface area contributed by atoms with Gasteiger partial charge >= 0.3 is 0 Å². The summed E-state index contributed by atoms with van der Waals surface area (Å²) in [5.41, 5.74) is 7.68. The number of aryl methyl sites for hydroxylation is 2. The normalized spacial score (nSPS) is 20.0. The number of anilines is 2. The fraction of sp³-hybridized carbons (Fsp3) is 0.769. The van der Waals surface area contributed by atoms with Crippen molar-refractivity contribution in [2.24, 2.45) is 0 Å². The van der Waals surface area contributed by atoms with Gasteiger partial charge in [-0.25, -0.2) is 4.68 Å². The van der Waals surface area contributed by atoms with Crippen LogP contribution in [0.5, 0.6) is 0 Å². The lowest BCUT2D eigenvalue weighted by molar-refractivity contribution is 0.0134. The standard InChI is InChI=1S/C13H24N4O/c1-3-17-13(12(14)10(2)16-17)15-8-7-11-6-4-5-9-18-11/h11,15H,3-9,14H2,1-2H3. The highest BCUT2D eigenvalue weighted by Gasteiger charge is 2.15. The van der Waals surface area contributed by atoms with Crippen molar-refractivity contribution in [1.29, 1.82) is 0 Å². The van der Waals surface area contributed by atoms with Crippen molar-refractivity contribution in [3.8, 4) is 0 Å². The molecule has 0 spiro atoms. The van der Waals surface area contributed by atoms with Gasteiger partial charge in [0.2, 0.25) is 0 Å². The monoisotopic (exact) mass is 252 g/mol. The average molecular weight is 252 g/mol. The first-order valence-corrected chi connectivity index (χ1v) is 6.90. The van der Waals surface area contributed by atoms with Crippen LogP contribution in [0.15, 0.2) is 0 Å². The van der Waals surface area contributed by atoms with E-state index in [2.05, 4.69) is 17.3 Å². The number of nitrogens with zero attached hydrogens (tertiary/aromatic N) is 2. The summed E-state index contributed by atoms with van der Waals surface area (Å²) < 4.78 is 7.64. The third-order valence-corrected chi connectivity index (χ3v) is 3.51. The van der Waals surface area contributed by atoms with Crippen molar-refractivity contribution in [2.75, 3.05) is 24.2 Å². The van der Waals surface area contributed by atoms with Gasteiger partial charge in [-0.1, -0.05) is 0 Å². The quantitative estimate of drug-likeness (QED) is 0.843. The molecule has 102 valence electrons. The maximum absolute atomic E-state index is 6.02. The van der Waals surface area contributed by atoms with Crippen molar-refractivity contribution in [2.45, 2.75) is 52.2 Å². The largest absolute Gasteiger partial charge is 0.394 e. The Balaban J connectivity index is 1.85. The van der Waals surface area contributed by atoms with Gasteiger partial charge in [-0.2, -0.15) is 5.10 Å². The molecule has 0 bridgehead atoms. The summed E-state index contributed by atoms with van der Waals surface area (Å²) in [7, 11) is 0. The van der Waals surface area contributed by atoms with Crippen LogP contribution in [0.4, 0.5) is 11.5 Å². The van der Waals surface area contributed by atoms with Gasteiger partial charge in [0.25, 0.3) is 0 Å². The van der Waals surface area contributed by atoms with Gasteiger partial charge < -0.3 is 15.8 Å². The van der Waals surface area contributed by atoms with Crippen LogP contribution in [-0.2, 0) is 11.3 Å². The summed E-state index contributed by atoms with van der Waals surface area (Å²) in [4.78, 5) is 0. The van der Waals surface area contributed by atoms with E-state index in [1.165, 1.54) is 19.3 Å². The first kappa shape index (κ1) is 13.2. The lowest BCUT2D eigenvalue weighted by atomic mass is 10.1. The predicted molar refractivity (Wildman–Crippen MR) is 73.7 cm³/mol. The van der Waals surface area contributed by atoms with E-state index < -0.39 is 0 Å². The molecule has 2 rings (SSSR count). The van der Waals surface area contributed by atoms with Crippen LogP contribution >= 0.6 is 0 Å². The third kappa shape index (κ3) is 2.96. The van der Waals surface area contributed by atoms with Gasteiger partial charge in [0, 0.05) is 19.7 Å². The molecule has 1 aromatic rings. The number of rotatable bonds is 5. The fourth-order valence-corrected chi connectivity index (χ4v) is 2.40. The number of nitrogens with two attached hydrogens (primary N) is 1. The zero-order chi connectivity index (χ0) is 13.0. The van der Waals surface area contributed by atoms with Gasteiger partial charge in [-0.15, -0.1) is 0 Å². The highest BCUT2D eigenvalue weighted by molar-refractivity contribution is 5.64. The number of hydrogen-bond acceptors (Lipinski definition) is 4. The van der Waals surface area contributed by atoms with Crippen LogP contribution in [0.2, 0.25) is 0 Å². The first-order chi connectivity index (χ1) is 8.72. The van der Waals surface area contributed by atoms with Crippen LogP contribution in [0, 0.1) is 6.92 Å². The summed E-state index contributed by atoms with van der Waals surface area (Å²) in [5, 5.41) is 7.79. The molecule has 1 atom stereocenters. The summed E-state index contributed by atoms with van der Waals surface area (Å²) >= 11 is 0. The molecule has 1 fully saturated rings. The Hall–Kier alpha value is -1.23.